The van der Waals surface area contributed by atoms with Crippen molar-refractivity contribution in [2.45, 2.75) is 0 Å². The molecule has 132 valence electrons. The number of fused-ring (bicyclic) bond motifs is 1. The normalized spacial score (nSPS) is 10.7. The number of hydrogen-bond donors (Lipinski definition) is 2. The smallest absolute Gasteiger partial charge is 0.265 e. The molecule has 5 nitrogen and oxygen atoms in total. The zero-order valence-electron chi connectivity index (χ0n) is 14.2. The molecule has 0 saturated heterocycles. The lowest BCUT2D eigenvalue weighted by atomic mass is 10.0. The van der Waals surface area contributed by atoms with E-state index in [-0.39, 0.29) is 5.82 Å². The van der Waals surface area contributed by atoms with E-state index in [1.165, 1.54) is 12.1 Å². The van der Waals surface area contributed by atoms with Crippen LogP contribution in [-0.4, -0.2) is 15.9 Å². The molecule has 3 N–H and O–H groups in total. The number of hydrazine groups is 1. The topological polar surface area (TPSA) is 80.9 Å². The quantitative estimate of drug-likeness (QED) is 0.332. The van der Waals surface area contributed by atoms with E-state index in [1.807, 2.05) is 24.3 Å². The molecule has 4 aromatic rings. The molecule has 2 aromatic carbocycles. The lowest BCUT2D eigenvalue weighted by molar-refractivity contribution is 0.0955. The van der Waals surface area contributed by atoms with E-state index in [0.29, 0.717) is 22.2 Å². The van der Waals surface area contributed by atoms with Crippen LogP contribution in [0.3, 0.4) is 0 Å². The van der Waals surface area contributed by atoms with Crippen LogP contribution >= 0.6 is 0 Å². The highest BCUT2D eigenvalue weighted by molar-refractivity contribution is 6.06. The number of halogens is 1. The Kier molecular flexibility index (Phi) is 4.32. The molecular formula is C21H15FN4O. The number of benzene rings is 2. The molecule has 0 spiro atoms. The molecule has 0 aliphatic rings. The molecule has 0 fully saturated rings. The van der Waals surface area contributed by atoms with E-state index in [1.54, 1.807) is 36.7 Å². The van der Waals surface area contributed by atoms with E-state index >= 15 is 0 Å². The monoisotopic (exact) mass is 358 g/mol. The van der Waals surface area contributed by atoms with Crippen LogP contribution in [0.25, 0.3) is 33.3 Å². The van der Waals surface area contributed by atoms with Gasteiger partial charge in [0.05, 0.1) is 16.8 Å². The minimum Gasteiger partial charge on any atom is -0.290 e. The molecule has 2 aromatic heterocycles. The maximum atomic E-state index is 13.1. The van der Waals surface area contributed by atoms with Crippen molar-refractivity contribution in [1.29, 1.82) is 0 Å². The molecule has 6 heteroatoms. The number of carbonyl (C=O) groups excluding carboxylic acids is 1. The van der Waals surface area contributed by atoms with Crippen molar-refractivity contribution in [2.75, 3.05) is 0 Å². The number of nitrogens with two attached hydrogens (primary N) is 1. The standard InChI is InChI=1S/C21H15FN4O/c22-16-7-5-14(6-8-16)13-1-3-15(4-2-13)20-11-17(21(27)26-23)18-12-24-10-9-19(18)25-20/h1-12H,23H2,(H,26,27). The fraction of sp³-hybridized carbons (Fsp3) is 0. The summed E-state index contributed by atoms with van der Waals surface area (Å²) in [6, 6.07) is 17.5. The lowest BCUT2D eigenvalue weighted by Gasteiger charge is -2.09. The molecule has 0 bridgehead atoms. The van der Waals surface area contributed by atoms with Gasteiger partial charge in [0.25, 0.3) is 5.91 Å². The van der Waals surface area contributed by atoms with Crippen molar-refractivity contribution in [1.82, 2.24) is 15.4 Å². The van der Waals surface area contributed by atoms with Gasteiger partial charge in [0.15, 0.2) is 0 Å². The van der Waals surface area contributed by atoms with E-state index < -0.39 is 5.91 Å². The van der Waals surface area contributed by atoms with Crippen LogP contribution in [0.15, 0.2) is 73.1 Å². The van der Waals surface area contributed by atoms with Crippen LogP contribution in [-0.2, 0) is 0 Å². The Hall–Kier alpha value is -3.64. The van der Waals surface area contributed by atoms with Gasteiger partial charge in [-0.25, -0.2) is 15.2 Å². The van der Waals surface area contributed by atoms with E-state index in [0.717, 1.165) is 16.7 Å². The highest BCUT2D eigenvalue weighted by atomic mass is 19.1. The summed E-state index contributed by atoms with van der Waals surface area (Å²) in [7, 11) is 0. The van der Waals surface area contributed by atoms with Crippen molar-refractivity contribution >= 4 is 16.8 Å². The number of nitrogens with one attached hydrogen (secondary N) is 1. The summed E-state index contributed by atoms with van der Waals surface area (Å²) < 4.78 is 13.1. The van der Waals surface area contributed by atoms with Gasteiger partial charge in [0.2, 0.25) is 0 Å². The van der Waals surface area contributed by atoms with E-state index in [4.69, 9.17) is 5.84 Å². The SMILES string of the molecule is NNC(=O)c1cc(-c2ccc(-c3ccc(F)cc3)cc2)nc2ccncc12. The number of nitrogen functional groups attached to an aromatic ring is 1. The first-order valence-electron chi connectivity index (χ1n) is 8.28. The van der Waals surface area contributed by atoms with Crippen molar-refractivity contribution < 1.29 is 9.18 Å². The van der Waals surface area contributed by atoms with Crippen LogP contribution in [0.1, 0.15) is 10.4 Å². The first-order chi connectivity index (χ1) is 13.2. The molecular weight excluding hydrogens is 343 g/mol. The second-order valence-corrected chi connectivity index (χ2v) is 6.01. The molecule has 27 heavy (non-hydrogen) atoms. The molecule has 2 heterocycles. The van der Waals surface area contributed by atoms with Crippen LogP contribution < -0.4 is 11.3 Å². The van der Waals surface area contributed by atoms with Gasteiger partial charge in [-0.3, -0.25) is 15.2 Å². The predicted octanol–water partition coefficient (Wildman–Crippen LogP) is 3.71. The van der Waals surface area contributed by atoms with E-state index in [9.17, 15) is 9.18 Å². The summed E-state index contributed by atoms with van der Waals surface area (Å²) >= 11 is 0. The summed E-state index contributed by atoms with van der Waals surface area (Å²) in [5.74, 6) is 4.64. The Morgan fingerprint density at radius 2 is 1.56 bits per heavy atom. The van der Waals surface area contributed by atoms with Gasteiger partial charge >= 0.3 is 0 Å². The molecule has 0 radical (unpaired) electrons. The summed E-state index contributed by atoms with van der Waals surface area (Å²) in [4.78, 5) is 20.8. The summed E-state index contributed by atoms with van der Waals surface area (Å²) in [5.41, 5.74) is 6.61. The van der Waals surface area contributed by atoms with Gasteiger partial charge in [0, 0.05) is 23.3 Å². The van der Waals surface area contributed by atoms with Crippen molar-refractivity contribution in [2.24, 2.45) is 5.84 Å². The summed E-state index contributed by atoms with van der Waals surface area (Å²) in [5, 5.41) is 0.632. The van der Waals surface area contributed by atoms with E-state index in [2.05, 4.69) is 15.4 Å². The number of nitrogens with zero attached hydrogens (tertiary/aromatic N) is 2. The largest absolute Gasteiger partial charge is 0.290 e. The van der Waals surface area contributed by atoms with Crippen molar-refractivity contribution in [3.05, 3.63) is 84.4 Å². The minimum absolute atomic E-state index is 0.268. The highest BCUT2D eigenvalue weighted by Gasteiger charge is 2.13. The zero-order valence-corrected chi connectivity index (χ0v) is 14.2. The number of hydrogen-bond acceptors (Lipinski definition) is 4. The summed E-state index contributed by atoms with van der Waals surface area (Å²) in [6.07, 6.45) is 3.22. The molecule has 0 saturated carbocycles. The number of pyridine rings is 2. The molecule has 1 amide bonds. The third kappa shape index (κ3) is 3.26. The van der Waals surface area contributed by atoms with Crippen LogP contribution in [0.2, 0.25) is 0 Å². The van der Waals surface area contributed by atoms with Crippen LogP contribution in [0.4, 0.5) is 4.39 Å². The highest BCUT2D eigenvalue weighted by Crippen LogP contribution is 2.27. The Morgan fingerprint density at radius 1 is 0.926 bits per heavy atom. The van der Waals surface area contributed by atoms with Crippen LogP contribution in [0, 0.1) is 5.82 Å². The third-order valence-electron chi connectivity index (χ3n) is 4.34. The first-order valence-corrected chi connectivity index (χ1v) is 8.28. The Balaban J connectivity index is 1.78. The lowest BCUT2D eigenvalue weighted by Crippen LogP contribution is -2.30. The maximum Gasteiger partial charge on any atom is 0.265 e. The van der Waals surface area contributed by atoms with Gasteiger partial charge < -0.3 is 0 Å². The number of amides is 1. The first kappa shape index (κ1) is 16.8. The number of aromatic nitrogens is 2. The summed E-state index contributed by atoms with van der Waals surface area (Å²) in [6.45, 7) is 0. The Bertz CT molecular complexity index is 1130. The second kappa shape index (κ2) is 6.93. The molecule has 0 aliphatic heterocycles. The van der Waals surface area contributed by atoms with Gasteiger partial charge in [-0.15, -0.1) is 0 Å². The molecule has 0 unspecified atom stereocenters. The van der Waals surface area contributed by atoms with Crippen molar-refractivity contribution in [3.8, 4) is 22.4 Å². The fourth-order valence-corrected chi connectivity index (χ4v) is 2.96. The Labute approximate surface area is 154 Å². The average Bonchev–Trinajstić information content (AvgIpc) is 2.73. The minimum atomic E-state index is -0.403. The third-order valence-corrected chi connectivity index (χ3v) is 4.34. The number of rotatable bonds is 3. The van der Waals surface area contributed by atoms with Gasteiger partial charge in [-0.2, -0.15) is 0 Å². The predicted molar refractivity (Wildman–Crippen MR) is 102 cm³/mol. The molecule has 4 rings (SSSR count). The van der Waals surface area contributed by atoms with Gasteiger partial charge in [-0.05, 0) is 35.4 Å². The average molecular weight is 358 g/mol. The fourth-order valence-electron chi connectivity index (χ4n) is 2.96. The second-order valence-electron chi connectivity index (χ2n) is 6.01. The van der Waals surface area contributed by atoms with Crippen LogP contribution in [0.5, 0.6) is 0 Å². The Morgan fingerprint density at radius 3 is 2.22 bits per heavy atom. The van der Waals surface area contributed by atoms with Gasteiger partial charge in [-0.1, -0.05) is 36.4 Å². The number of carbonyl (C=O) groups is 1. The van der Waals surface area contributed by atoms with Crippen molar-refractivity contribution in [3.63, 3.8) is 0 Å². The molecule has 0 atom stereocenters. The van der Waals surface area contributed by atoms with Gasteiger partial charge in [0.1, 0.15) is 5.82 Å². The maximum absolute atomic E-state index is 13.1. The zero-order chi connectivity index (χ0) is 18.8. The molecule has 0 aliphatic carbocycles.